The Morgan fingerprint density at radius 3 is 2.43 bits per heavy atom. The van der Waals surface area contributed by atoms with E-state index < -0.39 is 6.36 Å². The van der Waals surface area contributed by atoms with Crippen LogP contribution in [-0.2, 0) is 6.54 Å². The molecule has 0 spiro atoms. The maximum atomic E-state index is 12.5. The minimum Gasteiger partial charge on any atom is -0.405 e. The summed E-state index contributed by atoms with van der Waals surface area (Å²) >= 11 is 0. The van der Waals surface area contributed by atoms with Gasteiger partial charge in [-0.15, -0.1) is 13.2 Å². The Morgan fingerprint density at radius 1 is 1.05 bits per heavy atom. The summed E-state index contributed by atoms with van der Waals surface area (Å²) in [7, 11) is 1.79. The standard InChI is InChI=1S/C16H16F3NO/c1-11-7-8-12(10-20-2)14(9-11)13-5-3-4-6-15(13)21-16(17,18)19/h3-9,20H,10H2,1-2H3. The van der Waals surface area contributed by atoms with Gasteiger partial charge >= 0.3 is 6.36 Å². The van der Waals surface area contributed by atoms with E-state index in [4.69, 9.17) is 0 Å². The Balaban J connectivity index is 2.53. The molecule has 0 atom stereocenters. The molecule has 0 aliphatic carbocycles. The molecule has 21 heavy (non-hydrogen) atoms. The molecule has 2 aromatic rings. The molecule has 2 rings (SSSR count). The van der Waals surface area contributed by atoms with Crippen molar-refractivity contribution in [1.82, 2.24) is 5.32 Å². The zero-order chi connectivity index (χ0) is 15.5. The van der Waals surface area contributed by atoms with Crippen LogP contribution in [0, 0.1) is 6.92 Å². The number of nitrogens with one attached hydrogen (secondary N) is 1. The van der Waals surface area contributed by atoms with Crippen LogP contribution in [0.5, 0.6) is 5.75 Å². The predicted octanol–water partition coefficient (Wildman–Crippen LogP) is 4.28. The van der Waals surface area contributed by atoms with Crippen molar-refractivity contribution in [2.24, 2.45) is 0 Å². The molecule has 0 saturated heterocycles. The van der Waals surface area contributed by atoms with Gasteiger partial charge in [0.25, 0.3) is 0 Å². The third-order valence-electron chi connectivity index (χ3n) is 3.04. The number of para-hydroxylation sites is 1. The highest BCUT2D eigenvalue weighted by Gasteiger charge is 2.32. The van der Waals surface area contributed by atoms with E-state index in [1.165, 1.54) is 12.1 Å². The molecular formula is C16H16F3NO. The van der Waals surface area contributed by atoms with Crippen LogP contribution in [0.4, 0.5) is 13.2 Å². The first kappa shape index (κ1) is 15.4. The highest BCUT2D eigenvalue weighted by Crippen LogP contribution is 2.35. The summed E-state index contributed by atoms with van der Waals surface area (Å²) in [6.07, 6.45) is -4.71. The maximum absolute atomic E-state index is 12.5. The van der Waals surface area contributed by atoms with Gasteiger partial charge in [0, 0.05) is 12.1 Å². The van der Waals surface area contributed by atoms with Gasteiger partial charge in [0.1, 0.15) is 5.75 Å². The fourth-order valence-corrected chi connectivity index (χ4v) is 2.19. The fourth-order valence-electron chi connectivity index (χ4n) is 2.19. The van der Waals surface area contributed by atoms with Crippen molar-refractivity contribution in [3.63, 3.8) is 0 Å². The first-order valence-corrected chi connectivity index (χ1v) is 6.50. The summed E-state index contributed by atoms with van der Waals surface area (Å²) in [4.78, 5) is 0. The van der Waals surface area contributed by atoms with E-state index in [9.17, 15) is 13.2 Å². The molecule has 0 fully saturated rings. The zero-order valence-corrected chi connectivity index (χ0v) is 11.8. The molecule has 0 saturated carbocycles. The number of halogens is 3. The summed E-state index contributed by atoms with van der Waals surface area (Å²) in [5.74, 6) is -0.187. The lowest BCUT2D eigenvalue weighted by atomic mass is 9.97. The lowest BCUT2D eigenvalue weighted by Gasteiger charge is -2.16. The van der Waals surface area contributed by atoms with Crippen molar-refractivity contribution in [3.05, 3.63) is 53.6 Å². The lowest BCUT2D eigenvalue weighted by molar-refractivity contribution is -0.274. The maximum Gasteiger partial charge on any atom is 0.573 e. The second-order valence-electron chi connectivity index (χ2n) is 4.73. The van der Waals surface area contributed by atoms with E-state index in [1.807, 2.05) is 25.1 Å². The minimum atomic E-state index is -4.71. The molecule has 0 aliphatic heterocycles. The summed E-state index contributed by atoms with van der Waals surface area (Å²) in [6.45, 7) is 2.47. The van der Waals surface area contributed by atoms with Crippen LogP contribution in [0.1, 0.15) is 11.1 Å². The molecule has 0 heterocycles. The van der Waals surface area contributed by atoms with E-state index in [1.54, 1.807) is 19.2 Å². The minimum absolute atomic E-state index is 0.187. The average molecular weight is 295 g/mol. The van der Waals surface area contributed by atoms with Gasteiger partial charge in [-0.1, -0.05) is 42.0 Å². The molecule has 0 bridgehead atoms. The lowest BCUT2D eigenvalue weighted by Crippen LogP contribution is -2.17. The smallest absolute Gasteiger partial charge is 0.405 e. The Morgan fingerprint density at radius 2 is 1.76 bits per heavy atom. The Bertz CT molecular complexity index is 623. The second kappa shape index (κ2) is 6.18. The van der Waals surface area contributed by atoms with Gasteiger partial charge in [-0.25, -0.2) is 0 Å². The molecule has 0 aliphatic rings. The van der Waals surface area contributed by atoms with Gasteiger partial charge < -0.3 is 10.1 Å². The SMILES string of the molecule is CNCc1ccc(C)cc1-c1ccccc1OC(F)(F)F. The Kier molecular flexibility index (Phi) is 4.53. The number of hydrogen-bond acceptors (Lipinski definition) is 2. The van der Waals surface area contributed by atoms with Crippen LogP contribution in [0.15, 0.2) is 42.5 Å². The molecule has 5 heteroatoms. The Hall–Kier alpha value is -2.01. The van der Waals surface area contributed by atoms with Crippen molar-refractivity contribution < 1.29 is 17.9 Å². The predicted molar refractivity (Wildman–Crippen MR) is 76.1 cm³/mol. The van der Waals surface area contributed by atoms with Gasteiger partial charge in [0.2, 0.25) is 0 Å². The van der Waals surface area contributed by atoms with Crippen LogP contribution in [0.3, 0.4) is 0 Å². The van der Waals surface area contributed by atoms with Crippen LogP contribution >= 0.6 is 0 Å². The van der Waals surface area contributed by atoms with E-state index in [0.717, 1.165) is 16.7 Å². The van der Waals surface area contributed by atoms with Crippen LogP contribution in [0.2, 0.25) is 0 Å². The first-order valence-electron chi connectivity index (χ1n) is 6.50. The van der Waals surface area contributed by atoms with Gasteiger partial charge in [-0.2, -0.15) is 0 Å². The number of benzene rings is 2. The van der Waals surface area contributed by atoms with E-state index in [2.05, 4.69) is 10.1 Å². The summed E-state index contributed by atoms with van der Waals surface area (Å²) in [6, 6.07) is 11.9. The van der Waals surface area contributed by atoms with Crippen LogP contribution in [0.25, 0.3) is 11.1 Å². The second-order valence-corrected chi connectivity index (χ2v) is 4.73. The van der Waals surface area contributed by atoms with E-state index in [0.29, 0.717) is 12.1 Å². The molecule has 0 unspecified atom stereocenters. The average Bonchev–Trinajstić information content (AvgIpc) is 2.40. The van der Waals surface area contributed by atoms with Gasteiger partial charge in [-0.3, -0.25) is 0 Å². The number of alkyl halides is 3. The van der Waals surface area contributed by atoms with E-state index >= 15 is 0 Å². The zero-order valence-electron chi connectivity index (χ0n) is 11.8. The van der Waals surface area contributed by atoms with Crippen molar-refractivity contribution in [3.8, 4) is 16.9 Å². The molecule has 1 N–H and O–H groups in total. The monoisotopic (exact) mass is 295 g/mol. The van der Waals surface area contributed by atoms with Crippen LogP contribution in [-0.4, -0.2) is 13.4 Å². The molecule has 2 aromatic carbocycles. The molecular weight excluding hydrogens is 279 g/mol. The van der Waals surface area contributed by atoms with Crippen molar-refractivity contribution >= 4 is 0 Å². The summed E-state index contributed by atoms with van der Waals surface area (Å²) < 4.78 is 41.7. The van der Waals surface area contributed by atoms with Gasteiger partial charge in [0.15, 0.2) is 0 Å². The highest BCUT2D eigenvalue weighted by atomic mass is 19.4. The fraction of sp³-hybridized carbons (Fsp3) is 0.250. The van der Waals surface area contributed by atoms with Crippen molar-refractivity contribution in [2.45, 2.75) is 19.8 Å². The first-order chi connectivity index (χ1) is 9.90. The normalized spacial score (nSPS) is 11.5. The van der Waals surface area contributed by atoms with Crippen molar-refractivity contribution in [2.75, 3.05) is 7.05 Å². The number of hydrogen-bond donors (Lipinski definition) is 1. The molecule has 2 nitrogen and oxygen atoms in total. The largest absolute Gasteiger partial charge is 0.573 e. The van der Waals surface area contributed by atoms with Crippen molar-refractivity contribution in [1.29, 1.82) is 0 Å². The number of aryl methyl sites for hydroxylation is 1. The third kappa shape index (κ3) is 3.98. The summed E-state index contributed by atoms with van der Waals surface area (Å²) in [5.41, 5.74) is 3.07. The summed E-state index contributed by atoms with van der Waals surface area (Å²) in [5, 5.41) is 3.02. The van der Waals surface area contributed by atoms with Gasteiger partial charge in [-0.05, 0) is 31.2 Å². The van der Waals surface area contributed by atoms with E-state index in [-0.39, 0.29) is 5.75 Å². The number of ether oxygens (including phenoxy) is 1. The molecule has 0 radical (unpaired) electrons. The molecule has 0 aromatic heterocycles. The quantitative estimate of drug-likeness (QED) is 0.909. The van der Waals surface area contributed by atoms with Gasteiger partial charge in [0.05, 0.1) is 0 Å². The highest BCUT2D eigenvalue weighted by molar-refractivity contribution is 5.74. The molecule has 0 amide bonds. The topological polar surface area (TPSA) is 21.3 Å². The Labute approximate surface area is 121 Å². The van der Waals surface area contributed by atoms with Crippen LogP contribution < -0.4 is 10.1 Å². The number of rotatable bonds is 4. The third-order valence-corrected chi connectivity index (χ3v) is 3.04. The molecule has 112 valence electrons.